The Labute approximate surface area is 88.1 Å². The molecule has 0 aliphatic heterocycles. The fourth-order valence-corrected chi connectivity index (χ4v) is 1.46. The quantitative estimate of drug-likeness (QED) is 0.605. The predicted octanol–water partition coefficient (Wildman–Crippen LogP) is 1.36. The summed E-state index contributed by atoms with van der Waals surface area (Å²) in [7, 11) is 2.12. The molecule has 0 heterocycles. The van der Waals surface area contributed by atoms with Crippen LogP contribution in [0.1, 0.15) is 27.2 Å². The van der Waals surface area contributed by atoms with Crippen molar-refractivity contribution in [3.05, 3.63) is 0 Å². The Morgan fingerprint density at radius 3 is 2.36 bits per heavy atom. The van der Waals surface area contributed by atoms with Crippen LogP contribution in [0.25, 0.3) is 0 Å². The third-order valence-corrected chi connectivity index (χ3v) is 2.39. The van der Waals surface area contributed by atoms with E-state index in [1.807, 2.05) is 0 Å². The fourth-order valence-electron chi connectivity index (χ4n) is 1.46. The first-order valence-electron chi connectivity index (χ1n) is 5.46. The first-order valence-corrected chi connectivity index (χ1v) is 5.46. The summed E-state index contributed by atoms with van der Waals surface area (Å²) in [6.45, 7) is 8.94. The molecule has 1 N–H and O–H groups in total. The van der Waals surface area contributed by atoms with Crippen LogP contribution in [0.2, 0.25) is 0 Å². The van der Waals surface area contributed by atoms with Crippen molar-refractivity contribution >= 4 is 0 Å². The molecule has 0 amide bonds. The number of likely N-dealkylation sites (N-methyl/N-ethyl adjacent to an activating group) is 1. The van der Waals surface area contributed by atoms with E-state index < -0.39 is 0 Å². The van der Waals surface area contributed by atoms with Gasteiger partial charge in [-0.05, 0) is 26.3 Å². The SMILES string of the molecule is CC(C)CC(C)N(C)CCOCCO. The van der Waals surface area contributed by atoms with Crippen LogP contribution in [0.5, 0.6) is 0 Å². The van der Waals surface area contributed by atoms with Crippen LogP contribution >= 0.6 is 0 Å². The summed E-state index contributed by atoms with van der Waals surface area (Å²) in [4.78, 5) is 2.30. The lowest BCUT2D eigenvalue weighted by atomic mass is 10.0. The molecule has 0 saturated heterocycles. The average Bonchev–Trinajstić information content (AvgIpc) is 2.11. The highest BCUT2D eigenvalue weighted by Crippen LogP contribution is 2.08. The number of rotatable bonds is 8. The molecule has 0 aliphatic carbocycles. The van der Waals surface area contributed by atoms with Crippen molar-refractivity contribution in [2.24, 2.45) is 5.92 Å². The molecule has 0 fully saturated rings. The Balaban J connectivity index is 3.46. The Bertz CT molecular complexity index is 128. The third kappa shape index (κ3) is 7.30. The number of aliphatic hydroxyl groups is 1. The predicted molar refractivity (Wildman–Crippen MR) is 59.5 cm³/mol. The van der Waals surface area contributed by atoms with Gasteiger partial charge in [-0.1, -0.05) is 13.8 Å². The maximum absolute atomic E-state index is 8.52. The van der Waals surface area contributed by atoms with E-state index in [0.29, 0.717) is 19.3 Å². The molecule has 3 nitrogen and oxygen atoms in total. The van der Waals surface area contributed by atoms with Gasteiger partial charge in [0.05, 0.1) is 19.8 Å². The second kappa shape index (κ2) is 8.21. The van der Waals surface area contributed by atoms with E-state index in [2.05, 4.69) is 32.7 Å². The normalized spacial score (nSPS) is 13.9. The molecule has 0 aromatic heterocycles. The Hall–Kier alpha value is -0.120. The second-order valence-electron chi connectivity index (χ2n) is 4.30. The molecule has 0 rings (SSSR count). The molecule has 0 aromatic carbocycles. The molecule has 86 valence electrons. The van der Waals surface area contributed by atoms with Gasteiger partial charge in [-0.15, -0.1) is 0 Å². The lowest BCUT2D eigenvalue weighted by Crippen LogP contribution is -2.33. The van der Waals surface area contributed by atoms with Gasteiger partial charge in [0.1, 0.15) is 0 Å². The summed E-state index contributed by atoms with van der Waals surface area (Å²) in [6.07, 6.45) is 1.22. The van der Waals surface area contributed by atoms with E-state index in [-0.39, 0.29) is 6.61 Å². The van der Waals surface area contributed by atoms with Crippen LogP contribution in [-0.2, 0) is 4.74 Å². The third-order valence-electron chi connectivity index (χ3n) is 2.39. The van der Waals surface area contributed by atoms with Gasteiger partial charge in [0.15, 0.2) is 0 Å². The van der Waals surface area contributed by atoms with Crippen molar-refractivity contribution in [3.8, 4) is 0 Å². The van der Waals surface area contributed by atoms with Crippen LogP contribution < -0.4 is 0 Å². The number of nitrogens with zero attached hydrogens (tertiary/aromatic N) is 1. The van der Waals surface area contributed by atoms with Gasteiger partial charge < -0.3 is 14.7 Å². The van der Waals surface area contributed by atoms with Gasteiger partial charge in [0.2, 0.25) is 0 Å². The van der Waals surface area contributed by atoms with Crippen molar-refractivity contribution in [2.75, 3.05) is 33.4 Å². The smallest absolute Gasteiger partial charge is 0.0698 e. The first kappa shape index (κ1) is 13.9. The molecule has 0 bridgehead atoms. The highest BCUT2D eigenvalue weighted by molar-refractivity contribution is 4.64. The Morgan fingerprint density at radius 2 is 1.86 bits per heavy atom. The summed E-state index contributed by atoms with van der Waals surface area (Å²) < 4.78 is 5.22. The van der Waals surface area contributed by atoms with Crippen molar-refractivity contribution in [1.82, 2.24) is 4.90 Å². The molecule has 0 saturated carbocycles. The lowest BCUT2D eigenvalue weighted by Gasteiger charge is -2.25. The minimum atomic E-state index is 0.116. The molecular formula is C11H25NO2. The molecule has 0 radical (unpaired) electrons. The lowest BCUT2D eigenvalue weighted by molar-refractivity contribution is 0.0699. The topological polar surface area (TPSA) is 32.7 Å². The van der Waals surface area contributed by atoms with Gasteiger partial charge in [-0.3, -0.25) is 0 Å². The zero-order chi connectivity index (χ0) is 11.0. The van der Waals surface area contributed by atoms with Gasteiger partial charge in [0, 0.05) is 12.6 Å². The fraction of sp³-hybridized carbons (Fsp3) is 1.00. The number of aliphatic hydroxyl groups excluding tert-OH is 1. The van der Waals surface area contributed by atoms with Crippen molar-refractivity contribution in [2.45, 2.75) is 33.2 Å². The minimum Gasteiger partial charge on any atom is -0.394 e. The Morgan fingerprint density at radius 1 is 1.21 bits per heavy atom. The van der Waals surface area contributed by atoms with Crippen LogP contribution in [0.3, 0.4) is 0 Å². The molecule has 0 spiro atoms. The zero-order valence-corrected chi connectivity index (χ0v) is 9.99. The van der Waals surface area contributed by atoms with Crippen molar-refractivity contribution in [1.29, 1.82) is 0 Å². The average molecular weight is 203 g/mol. The molecule has 0 aromatic rings. The van der Waals surface area contributed by atoms with Gasteiger partial charge in [-0.2, -0.15) is 0 Å². The van der Waals surface area contributed by atoms with E-state index in [0.717, 1.165) is 12.5 Å². The van der Waals surface area contributed by atoms with Crippen LogP contribution in [0.15, 0.2) is 0 Å². The first-order chi connectivity index (χ1) is 6.57. The highest BCUT2D eigenvalue weighted by atomic mass is 16.5. The molecule has 1 unspecified atom stereocenters. The monoisotopic (exact) mass is 203 g/mol. The summed E-state index contributed by atoms with van der Waals surface area (Å²) in [5, 5.41) is 8.52. The molecule has 14 heavy (non-hydrogen) atoms. The maximum Gasteiger partial charge on any atom is 0.0698 e. The molecule has 3 heteroatoms. The van der Waals surface area contributed by atoms with Crippen LogP contribution in [0, 0.1) is 5.92 Å². The Kier molecular flexibility index (Phi) is 8.14. The molecule has 0 aliphatic rings. The van der Waals surface area contributed by atoms with Gasteiger partial charge in [-0.25, -0.2) is 0 Å². The standard InChI is InChI=1S/C11H25NO2/c1-10(2)9-11(3)12(4)5-7-14-8-6-13/h10-11,13H,5-9H2,1-4H3. The van der Waals surface area contributed by atoms with Gasteiger partial charge >= 0.3 is 0 Å². The van der Waals surface area contributed by atoms with E-state index in [9.17, 15) is 0 Å². The molecule has 1 atom stereocenters. The second-order valence-corrected chi connectivity index (χ2v) is 4.30. The van der Waals surface area contributed by atoms with E-state index >= 15 is 0 Å². The highest BCUT2D eigenvalue weighted by Gasteiger charge is 2.10. The summed E-state index contributed by atoms with van der Waals surface area (Å²) in [5.41, 5.74) is 0. The zero-order valence-electron chi connectivity index (χ0n) is 9.99. The minimum absolute atomic E-state index is 0.116. The van der Waals surface area contributed by atoms with Crippen molar-refractivity contribution < 1.29 is 9.84 Å². The van der Waals surface area contributed by atoms with E-state index in [1.54, 1.807) is 0 Å². The maximum atomic E-state index is 8.52. The summed E-state index contributed by atoms with van der Waals surface area (Å²) in [5.74, 6) is 0.741. The largest absolute Gasteiger partial charge is 0.394 e. The van der Waals surface area contributed by atoms with Crippen molar-refractivity contribution in [3.63, 3.8) is 0 Å². The number of ether oxygens (including phenoxy) is 1. The number of hydrogen-bond donors (Lipinski definition) is 1. The van der Waals surface area contributed by atoms with Crippen LogP contribution in [-0.4, -0.2) is 49.5 Å². The molecular weight excluding hydrogens is 178 g/mol. The number of hydrogen-bond acceptors (Lipinski definition) is 3. The summed E-state index contributed by atoms with van der Waals surface area (Å²) in [6, 6.07) is 0.604. The van der Waals surface area contributed by atoms with E-state index in [4.69, 9.17) is 9.84 Å². The summed E-state index contributed by atoms with van der Waals surface area (Å²) >= 11 is 0. The van der Waals surface area contributed by atoms with Gasteiger partial charge in [0.25, 0.3) is 0 Å². The van der Waals surface area contributed by atoms with E-state index in [1.165, 1.54) is 6.42 Å². The van der Waals surface area contributed by atoms with Crippen LogP contribution in [0.4, 0.5) is 0 Å².